The van der Waals surface area contributed by atoms with E-state index in [1.807, 2.05) is 19.9 Å². The highest BCUT2D eigenvalue weighted by atomic mass is 35.5. The number of halogens is 1. The van der Waals surface area contributed by atoms with Crippen molar-refractivity contribution in [3.8, 4) is 0 Å². The molecular weight excluding hydrogens is 326 g/mol. The molecule has 0 aliphatic rings. The highest BCUT2D eigenvalue weighted by molar-refractivity contribution is 6.39. The second-order valence-corrected chi connectivity index (χ2v) is 5.91. The minimum atomic E-state index is -0.831. The van der Waals surface area contributed by atoms with E-state index in [-0.39, 0.29) is 0 Å². The summed E-state index contributed by atoms with van der Waals surface area (Å²) in [5.41, 5.74) is 6.20. The standard InChI is InChI=1S/C18H18ClN3O2/c1-11-8-12(2)10-16(9-11)20-17(23)18(24)22-21-13(3)14-4-6-15(19)7-5-14/h4-10H,1-3H3,(H,20,23)(H,22,24)/b21-13+. The number of hydrogen-bond acceptors (Lipinski definition) is 3. The molecule has 0 unspecified atom stereocenters. The predicted molar refractivity (Wildman–Crippen MR) is 96.4 cm³/mol. The van der Waals surface area contributed by atoms with Gasteiger partial charge >= 0.3 is 11.8 Å². The number of carbonyl (C=O) groups is 2. The van der Waals surface area contributed by atoms with Gasteiger partial charge in [-0.3, -0.25) is 9.59 Å². The van der Waals surface area contributed by atoms with E-state index >= 15 is 0 Å². The number of carbonyl (C=O) groups excluding carboxylic acids is 2. The van der Waals surface area contributed by atoms with Crippen LogP contribution in [0.5, 0.6) is 0 Å². The van der Waals surface area contributed by atoms with Crippen LogP contribution in [0.2, 0.25) is 5.02 Å². The van der Waals surface area contributed by atoms with Crippen LogP contribution >= 0.6 is 11.6 Å². The van der Waals surface area contributed by atoms with E-state index in [4.69, 9.17) is 11.6 Å². The Kier molecular flexibility index (Phi) is 5.71. The lowest BCUT2D eigenvalue weighted by molar-refractivity contribution is -0.136. The highest BCUT2D eigenvalue weighted by Gasteiger charge is 2.13. The summed E-state index contributed by atoms with van der Waals surface area (Å²) < 4.78 is 0. The molecule has 2 amide bonds. The molecule has 2 N–H and O–H groups in total. The second-order valence-electron chi connectivity index (χ2n) is 5.48. The Morgan fingerprint density at radius 2 is 1.54 bits per heavy atom. The van der Waals surface area contributed by atoms with Crippen LogP contribution in [0.1, 0.15) is 23.6 Å². The Balaban J connectivity index is 1.99. The van der Waals surface area contributed by atoms with Crippen LogP contribution < -0.4 is 10.7 Å². The summed E-state index contributed by atoms with van der Waals surface area (Å²) in [7, 11) is 0. The molecule has 0 bridgehead atoms. The van der Waals surface area contributed by atoms with Crippen molar-refractivity contribution in [3.05, 3.63) is 64.2 Å². The summed E-state index contributed by atoms with van der Waals surface area (Å²) in [6.07, 6.45) is 0. The number of nitrogens with zero attached hydrogens (tertiary/aromatic N) is 1. The van der Waals surface area contributed by atoms with Crippen LogP contribution in [0.25, 0.3) is 0 Å². The lowest BCUT2D eigenvalue weighted by atomic mass is 10.1. The molecule has 0 radical (unpaired) electrons. The van der Waals surface area contributed by atoms with Crippen LogP contribution in [0, 0.1) is 13.8 Å². The first-order chi connectivity index (χ1) is 11.3. The Labute approximate surface area is 145 Å². The van der Waals surface area contributed by atoms with E-state index in [9.17, 15) is 9.59 Å². The quantitative estimate of drug-likeness (QED) is 0.509. The first kappa shape index (κ1) is 17.7. The van der Waals surface area contributed by atoms with Gasteiger partial charge in [0, 0.05) is 10.7 Å². The number of amides is 2. The van der Waals surface area contributed by atoms with Gasteiger partial charge in [0.25, 0.3) is 0 Å². The molecular formula is C18H18ClN3O2. The lowest BCUT2D eigenvalue weighted by Gasteiger charge is -2.07. The molecule has 0 atom stereocenters. The van der Waals surface area contributed by atoms with Crippen LogP contribution in [0.3, 0.4) is 0 Å². The first-order valence-electron chi connectivity index (χ1n) is 7.35. The van der Waals surface area contributed by atoms with Gasteiger partial charge in [0.15, 0.2) is 0 Å². The molecule has 0 heterocycles. The Bertz CT molecular complexity index is 778. The third-order valence-electron chi connectivity index (χ3n) is 3.27. The SMILES string of the molecule is C/C(=N\NC(=O)C(=O)Nc1cc(C)cc(C)c1)c1ccc(Cl)cc1. The van der Waals surface area contributed by atoms with Crippen LogP contribution in [0.4, 0.5) is 5.69 Å². The van der Waals surface area contributed by atoms with E-state index in [1.165, 1.54) is 0 Å². The molecule has 124 valence electrons. The Morgan fingerprint density at radius 1 is 0.958 bits per heavy atom. The van der Waals surface area contributed by atoms with Gasteiger partial charge in [0.05, 0.1) is 5.71 Å². The molecule has 5 nitrogen and oxygen atoms in total. The molecule has 24 heavy (non-hydrogen) atoms. The van der Waals surface area contributed by atoms with Crippen molar-refractivity contribution in [3.63, 3.8) is 0 Å². The maximum absolute atomic E-state index is 11.9. The molecule has 2 aromatic rings. The number of nitrogens with one attached hydrogen (secondary N) is 2. The number of anilines is 1. The average molecular weight is 344 g/mol. The Morgan fingerprint density at radius 3 is 2.12 bits per heavy atom. The summed E-state index contributed by atoms with van der Waals surface area (Å²) in [5, 5.41) is 7.11. The van der Waals surface area contributed by atoms with Crippen LogP contribution in [0.15, 0.2) is 47.6 Å². The minimum Gasteiger partial charge on any atom is -0.318 e. The van der Waals surface area contributed by atoms with Gasteiger partial charge < -0.3 is 5.32 Å². The molecule has 2 aromatic carbocycles. The summed E-state index contributed by atoms with van der Waals surface area (Å²) in [6, 6.07) is 12.6. The molecule has 2 rings (SSSR count). The third kappa shape index (κ3) is 4.93. The fraction of sp³-hybridized carbons (Fsp3) is 0.167. The molecule has 0 aliphatic carbocycles. The van der Waals surface area contributed by atoms with E-state index in [0.29, 0.717) is 16.4 Å². The van der Waals surface area contributed by atoms with Crippen molar-refractivity contribution in [2.45, 2.75) is 20.8 Å². The zero-order valence-corrected chi connectivity index (χ0v) is 14.4. The lowest BCUT2D eigenvalue weighted by Crippen LogP contribution is -2.33. The molecule has 0 saturated heterocycles. The van der Waals surface area contributed by atoms with E-state index < -0.39 is 11.8 Å². The van der Waals surface area contributed by atoms with Crippen LogP contribution in [-0.2, 0) is 9.59 Å². The topological polar surface area (TPSA) is 70.6 Å². The molecule has 6 heteroatoms. The molecule has 0 saturated carbocycles. The van der Waals surface area contributed by atoms with Gasteiger partial charge in [0.2, 0.25) is 0 Å². The van der Waals surface area contributed by atoms with Crippen molar-refractivity contribution < 1.29 is 9.59 Å². The van der Waals surface area contributed by atoms with Gasteiger partial charge in [-0.1, -0.05) is 29.8 Å². The number of benzene rings is 2. The molecule has 0 aliphatic heterocycles. The van der Waals surface area contributed by atoms with Gasteiger partial charge in [0.1, 0.15) is 0 Å². The third-order valence-corrected chi connectivity index (χ3v) is 3.52. The van der Waals surface area contributed by atoms with Crippen molar-refractivity contribution in [2.75, 3.05) is 5.32 Å². The normalized spacial score (nSPS) is 11.1. The largest absolute Gasteiger partial charge is 0.329 e. The monoisotopic (exact) mass is 343 g/mol. The predicted octanol–water partition coefficient (Wildman–Crippen LogP) is 3.44. The zero-order valence-electron chi connectivity index (χ0n) is 13.7. The van der Waals surface area contributed by atoms with Crippen molar-refractivity contribution in [2.24, 2.45) is 5.10 Å². The number of hydrogen-bond donors (Lipinski definition) is 2. The number of aryl methyl sites for hydroxylation is 2. The summed E-state index contributed by atoms with van der Waals surface area (Å²) >= 11 is 5.82. The fourth-order valence-corrected chi connectivity index (χ4v) is 2.30. The highest BCUT2D eigenvalue weighted by Crippen LogP contribution is 2.13. The number of hydrazone groups is 1. The maximum Gasteiger partial charge on any atom is 0.329 e. The van der Waals surface area contributed by atoms with E-state index in [2.05, 4.69) is 15.8 Å². The Hall–Kier alpha value is -2.66. The summed E-state index contributed by atoms with van der Waals surface area (Å²) in [5.74, 6) is -1.60. The zero-order chi connectivity index (χ0) is 17.7. The van der Waals surface area contributed by atoms with Gasteiger partial charge in [-0.25, -0.2) is 5.43 Å². The summed E-state index contributed by atoms with van der Waals surface area (Å²) in [6.45, 7) is 5.57. The smallest absolute Gasteiger partial charge is 0.318 e. The van der Waals surface area contributed by atoms with Crippen molar-refractivity contribution in [1.29, 1.82) is 0 Å². The van der Waals surface area contributed by atoms with Crippen molar-refractivity contribution >= 4 is 34.8 Å². The van der Waals surface area contributed by atoms with Gasteiger partial charge in [-0.05, 0) is 61.7 Å². The molecule has 0 aromatic heterocycles. The van der Waals surface area contributed by atoms with E-state index in [1.54, 1.807) is 43.3 Å². The fourth-order valence-electron chi connectivity index (χ4n) is 2.18. The number of rotatable bonds is 3. The molecule has 0 spiro atoms. The van der Waals surface area contributed by atoms with Gasteiger partial charge in [-0.2, -0.15) is 5.10 Å². The van der Waals surface area contributed by atoms with Crippen LogP contribution in [-0.4, -0.2) is 17.5 Å². The second kappa shape index (κ2) is 7.75. The van der Waals surface area contributed by atoms with Gasteiger partial charge in [-0.15, -0.1) is 0 Å². The van der Waals surface area contributed by atoms with Crippen molar-refractivity contribution in [1.82, 2.24) is 5.43 Å². The molecule has 0 fully saturated rings. The summed E-state index contributed by atoms with van der Waals surface area (Å²) in [4.78, 5) is 23.8. The minimum absolute atomic E-state index is 0.569. The maximum atomic E-state index is 11.9. The average Bonchev–Trinajstić information content (AvgIpc) is 2.51. The first-order valence-corrected chi connectivity index (χ1v) is 7.73. The van der Waals surface area contributed by atoms with E-state index in [0.717, 1.165) is 16.7 Å².